The van der Waals surface area contributed by atoms with E-state index in [1.165, 1.54) is 18.4 Å². The molecule has 1 aromatic rings. The molecule has 2 atom stereocenters. The molecule has 0 saturated carbocycles. The second-order valence-electron chi connectivity index (χ2n) is 5.82. The SMILES string of the molecule is Cc1ccccc1NC1(C#N)CCN2CCCCC21. The average Bonchev–Trinajstić information content (AvgIpc) is 2.81. The number of fused-ring (bicyclic) bond motifs is 1. The molecular formula is C16H21N3. The van der Waals surface area contributed by atoms with Gasteiger partial charge in [-0.05, 0) is 44.4 Å². The summed E-state index contributed by atoms with van der Waals surface area (Å²) < 4.78 is 0. The molecule has 0 aliphatic carbocycles. The highest BCUT2D eigenvalue weighted by molar-refractivity contribution is 5.55. The van der Waals surface area contributed by atoms with Crippen LogP contribution in [0.3, 0.4) is 0 Å². The summed E-state index contributed by atoms with van der Waals surface area (Å²) in [5.41, 5.74) is 1.93. The summed E-state index contributed by atoms with van der Waals surface area (Å²) in [6.45, 7) is 4.31. The van der Waals surface area contributed by atoms with Crippen LogP contribution in [0.1, 0.15) is 31.2 Å². The minimum atomic E-state index is -0.396. The molecule has 0 amide bonds. The molecule has 0 aromatic heterocycles. The van der Waals surface area contributed by atoms with Gasteiger partial charge < -0.3 is 5.32 Å². The summed E-state index contributed by atoms with van der Waals surface area (Å²) in [4.78, 5) is 2.50. The average molecular weight is 255 g/mol. The van der Waals surface area contributed by atoms with Crippen LogP contribution in [0.4, 0.5) is 5.69 Å². The third kappa shape index (κ3) is 2.11. The molecule has 19 heavy (non-hydrogen) atoms. The second-order valence-corrected chi connectivity index (χ2v) is 5.82. The number of rotatable bonds is 2. The van der Waals surface area contributed by atoms with Gasteiger partial charge in [0, 0.05) is 18.3 Å². The topological polar surface area (TPSA) is 39.1 Å². The molecule has 0 radical (unpaired) electrons. The number of anilines is 1. The molecule has 2 unspecified atom stereocenters. The van der Waals surface area contributed by atoms with Crippen LogP contribution < -0.4 is 5.32 Å². The van der Waals surface area contributed by atoms with E-state index >= 15 is 0 Å². The van der Waals surface area contributed by atoms with E-state index in [-0.39, 0.29) is 0 Å². The van der Waals surface area contributed by atoms with Crippen molar-refractivity contribution in [2.45, 2.75) is 44.2 Å². The maximum absolute atomic E-state index is 9.77. The van der Waals surface area contributed by atoms with E-state index in [1.54, 1.807) is 0 Å². The highest BCUT2D eigenvalue weighted by Gasteiger charge is 2.48. The number of aryl methyl sites for hydroxylation is 1. The Hall–Kier alpha value is -1.53. The van der Waals surface area contributed by atoms with Gasteiger partial charge in [0.25, 0.3) is 0 Å². The van der Waals surface area contributed by atoms with Gasteiger partial charge in [0.2, 0.25) is 0 Å². The zero-order valence-corrected chi connectivity index (χ0v) is 11.5. The number of nitrogens with one attached hydrogen (secondary N) is 1. The van der Waals surface area contributed by atoms with Gasteiger partial charge in [-0.2, -0.15) is 5.26 Å². The summed E-state index contributed by atoms with van der Waals surface area (Å²) in [7, 11) is 0. The van der Waals surface area contributed by atoms with Gasteiger partial charge in [-0.3, -0.25) is 4.90 Å². The van der Waals surface area contributed by atoms with Gasteiger partial charge in [-0.15, -0.1) is 0 Å². The second kappa shape index (κ2) is 4.86. The molecule has 1 N–H and O–H groups in total. The lowest BCUT2D eigenvalue weighted by Gasteiger charge is -2.37. The Kier molecular flexibility index (Phi) is 3.20. The van der Waals surface area contributed by atoms with Crippen LogP contribution in [0.2, 0.25) is 0 Å². The van der Waals surface area contributed by atoms with Gasteiger partial charge >= 0.3 is 0 Å². The monoisotopic (exact) mass is 255 g/mol. The third-order valence-electron chi connectivity index (χ3n) is 4.68. The molecule has 3 nitrogen and oxygen atoms in total. The van der Waals surface area contributed by atoms with E-state index in [1.807, 2.05) is 12.1 Å². The maximum atomic E-state index is 9.77. The first-order valence-corrected chi connectivity index (χ1v) is 7.24. The van der Waals surface area contributed by atoms with Crippen LogP contribution in [0.25, 0.3) is 0 Å². The number of nitriles is 1. The van der Waals surface area contributed by atoms with Crippen LogP contribution in [0, 0.1) is 18.3 Å². The van der Waals surface area contributed by atoms with E-state index in [2.05, 4.69) is 35.3 Å². The van der Waals surface area contributed by atoms with Crippen molar-refractivity contribution in [1.29, 1.82) is 5.26 Å². The minimum Gasteiger partial charge on any atom is -0.366 e. The summed E-state index contributed by atoms with van der Waals surface area (Å²) >= 11 is 0. The molecule has 0 spiro atoms. The number of hydrogen-bond acceptors (Lipinski definition) is 3. The van der Waals surface area contributed by atoms with Crippen molar-refractivity contribution >= 4 is 5.69 Å². The standard InChI is InChI=1S/C16H21N3/c1-13-6-2-3-7-14(13)18-16(12-17)9-11-19-10-5-4-8-15(16)19/h2-3,6-7,15,18H,4-5,8-11H2,1H3. The lowest BCUT2D eigenvalue weighted by Crippen LogP contribution is -2.51. The van der Waals surface area contributed by atoms with Crippen molar-refractivity contribution in [2.75, 3.05) is 18.4 Å². The predicted molar refractivity (Wildman–Crippen MR) is 77.0 cm³/mol. The van der Waals surface area contributed by atoms with Gasteiger partial charge in [-0.25, -0.2) is 0 Å². The van der Waals surface area contributed by atoms with Crippen LogP contribution in [-0.4, -0.2) is 29.6 Å². The predicted octanol–water partition coefficient (Wildman–Crippen LogP) is 2.93. The molecule has 0 bridgehead atoms. The summed E-state index contributed by atoms with van der Waals surface area (Å²) in [6.07, 6.45) is 4.61. The Morgan fingerprint density at radius 1 is 1.32 bits per heavy atom. The fourth-order valence-corrected chi connectivity index (χ4v) is 3.56. The Morgan fingerprint density at radius 2 is 2.16 bits per heavy atom. The van der Waals surface area contributed by atoms with Gasteiger partial charge in [0.05, 0.1) is 6.07 Å². The van der Waals surface area contributed by atoms with Crippen molar-refractivity contribution in [1.82, 2.24) is 4.90 Å². The summed E-state index contributed by atoms with van der Waals surface area (Å²) in [6, 6.07) is 11.2. The fraction of sp³-hybridized carbons (Fsp3) is 0.562. The lowest BCUT2D eigenvalue weighted by molar-refractivity contribution is 0.180. The number of para-hydroxylation sites is 1. The number of piperidine rings is 1. The molecule has 2 fully saturated rings. The number of nitrogens with zero attached hydrogens (tertiary/aromatic N) is 2. The smallest absolute Gasteiger partial charge is 0.142 e. The molecule has 2 heterocycles. The largest absolute Gasteiger partial charge is 0.366 e. The van der Waals surface area contributed by atoms with E-state index in [9.17, 15) is 5.26 Å². The van der Waals surface area contributed by atoms with Crippen LogP contribution in [0.5, 0.6) is 0 Å². The van der Waals surface area contributed by atoms with E-state index in [4.69, 9.17) is 0 Å². The van der Waals surface area contributed by atoms with Crippen molar-refractivity contribution in [3.05, 3.63) is 29.8 Å². The zero-order chi connectivity index (χ0) is 13.3. The first kappa shape index (κ1) is 12.5. The fourth-order valence-electron chi connectivity index (χ4n) is 3.56. The Labute approximate surface area is 115 Å². The van der Waals surface area contributed by atoms with Crippen LogP contribution >= 0.6 is 0 Å². The third-order valence-corrected chi connectivity index (χ3v) is 4.68. The molecule has 3 heteroatoms. The van der Waals surface area contributed by atoms with Crippen molar-refractivity contribution in [2.24, 2.45) is 0 Å². The minimum absolute atomic E-state index is 0.380. The van der Waals surface area contributed by atoms with Crippen molar-refractivity contribution in [3.63, 3.8) is 0 Å². The number of hydrogen-bond donors (Lipinski definition) is 1. The highest BCUT2D eigenvalue weighted by atomic mass is 15.3. The quantitative estimate of drug-likeness (QED) is 0.883. The summed E-state index contributed by atoms with van der Waals surface area (Å²) in [5, 5.41) is 13.3. The lowest BCUT2D eigenvalue weighted by atomic mass is 9.86. The van der Waals surface area contributed by atoms with E-state index in [0.717, 1.165) is 31.6 Å². The normalized spacial score (nSPS) is 30.6. The zero-order valence-electron chi connectivity index (χ0n) is 11.5. The van der Waals surface area contributed by atoms with Gasteiger partial charge in [-0.1, -0.05) is 24.6 Å². The maximum Gasteiger partial charge on any atom is 0.142 e. The first-order valence-electron chi connectivity index (χ1n) is 7.24. The van der Waals surface area contributed by atoms with Crippen molar-refractivity contribution in [3.8, 4) is 6.07 Å². The Morgan fingerprint density at radius 3 is 2.95 bits per heavy atom. The molecule has 2 saturated heterocycles. The van der Waals surface area contributed by atoms with Crippen LogP contribution in [-0.2, 0) is 0 Å². The molecular weight excluding hydrogens is 234 g/mol. The van der Waals surface area contributed by atoms with E-state index < -0.39 is 5.54 Å². The van der Waals surface area contributed by atoms with Crippen LogP contribution in [0.15, 0.2) is 24.3 Å². The van der Waals surface area contributed by atoms with Gasteiger partial charge in [0.15, 0.2) is 0 Å². The molecule has 3 rings (SSSR count). The molecule has 2 aliphatic rings. The molecule has 1 aromatic carbocycles. The van der Waals surface area contributed by atoms with Gasteiger partial charge in [0.1, 0.15) is 5.54 Å². The summed E-state index contributed by atoms with van der Waals surface area (Å²) in [5.74, 6) is 0. The molecule has 100 valence electrons. The van der Waals surface area contributed by atoms with E-state index in [0.29, 0.717) is 6.04 Å². The number of benzene rings is 1. The Bertz CT molecular complexity index is 505. The first-order chi connectivity index (χ1) is 9.25. The van der Waals surface area contributed by atoms with Crippen molar-refractivity contribution < 1.29 is 0 Å². The molecule has 2 aliphatic heterocycles. The highest BCUT2D eigenvalue weighted by Crippen LogP contribution is 2.37. The Balaban J connectivity index is 1.88.